The Labute approximate surface area is 144 Å². The van der Waals surface area contributed by atoms with Gasteiger partial charge in [0.25, 0.3) is 0 Å². The SMILES string of the molecule is CCc1nc(CCNC(=NC)N2CCC3(CCCCC3)C2)cs1. The molecular weight excluding hydrogens is 304 g/mol. The number of nitrogens with one attached hydrogen (secondary N) is 1. The fourth-order valence-corrected chi connectivity index (χ4v) is 4.87. The highest BCUT2D eigenvalue weighted by Gasteiger charge is 2.39. The normalized spacial score (nSPS) is 21.1. The third-order valence-corrected chi connectivity index (χ3v) is 6.47. The van der Waals surface area contributed by atoms with Gasteiger partial charge in [-0.3, -0.25) is 4.99 Å². The topological polar surface area (TPSA) is 40.5 Å². The first-order valence-corrected chi connectivity index (χ1v) is 10.0. The van der Waals surface area contributed by atoms with Crippen LogP contribution in [0.1, 0.15) is 56.2 Å². The van der Waals surface area contributed by atoms with E-state index >= 15 is 0 Å². The van der Waals surface area contributed by atoms with Gasteiger partial charge in [0.1, 0.15) is 0 Å². The van der Waals surface area contributed by atoms with Crippen molar-refractivity contribution in [2.75, 3.05) is 26.7 Å². The Morgan fingerprint density at radius 1 is 1.35 bits per heavy atom. The molecule has 0 unspecified atom stereocenters. The largest absolute Gasteiger partial charge is 0.356 e. The van der Waals surface area contributed by atoms with Gasteiger partial charge in [0.2, 0.25) is 0 Å². The highest BCUT2D eigenvalue weighted by Crippen LogP contribution is 2.43. The molecule has 0 amide bonds. The van der Waals surface area contributed by atoms with Gasteiger partial charge in [-0.05, 0) is 31.1 Å². The van der Waals surface area contributed by atoms with E-state index in [0.29, 0.717) is 5.41 Å². The molecule has 0 bridgehead atoms. The number of aliphatic imine (C=N–C) groups is 1. The molecule has 4 nitrogen and oxygen atoms in total. The predicted molar refractivity (Wildman–Crippen MR) is 98.3 cm³/mol. The highest BCUT2D eigenvalue weighted by molar-refractivity contribution is 7.09. The van der Waals surface area contributed by atoms with Crippen molar-refractivity contribution in [1.29, 1.82) is 0 Å². The van der Waals surface area contributed by atoms with Crippen LogP contribution in [0.2, 0.25) is 0 Å². The molecule has 1 aromatic rings. The molecule has 1 N–H and O–H groups in total. The number of aryl methyl sites for hydroxylation is 1. The Bertz CT molecular complexity index is 531. The molecule has 1 saturated heterocycles. The molecule has 2 aliphatic rings. The van der Waals surface area contributed by atoms with Crippen LogP contribution >= 0.6 is 11.3 Å². The lowest BCUT2D eigenvalue weighted by Crippen LogP contribution is -2.42. The summed E-state index contributed by atoms with van der Waals surface area (Å²) in [7, 11) is 1.91. The molecule has 1 aromatic heterocycles. The van der Waals surface area contributed by atoms with Crippen LogP contribution in [0.3, 0.4) is 0 Å². The van der Waals surface area contributed by atoms with Gasteiger partial charge in [-0.15, -0.1) is 11.3 Å². The van der Waals surface area contributed by atoms with Crippen LogP contribution in [0.25, 0.3) is 0 Å². The Morgan fingerprint density at radius 3 is 2.87 bits per heavy atom. The molecular formula is C18H30N4S. The molecule has 3 rings (SSSR count). The maximum atomic E-state index is 4.64. The zero-order valence-electron chi connectivity index (χ0n) is 14.6. The number of thiazole rings is 1. The third-order valence-electron chi connectivity index (χ3n) is 5.43. The summed E-state index contributed by atoms with van der Waals surface area (Å²) in [5, 5.41) is 6.98. The van der Waals surface area contributed by atoms with Crippen LogP contribution < -0.4 is 5.32 Å². The summed E-state index contributed by atoms with van der Waals surface area (Å²) in [4.78, 5) is 11.6. The lowest BCUT2D eigenvalue weighted by Gasteiger charge is -2.33. The molecule has 2 fully saturated rings. The molecule has 5 heteroatoms. The Kier molecular flexibility index (Phi) is 5.57. The Morgan fingerprint density at radius 2 is 2.17 bits per heavy atom. The van der Waals surface area contributed by atoms with E-state index in [0.717, 1.165) is 31.9 Å². The predicted octanol–water partition coefficient (Wildman–Crippen LogP) is 3.48. The summed E-state index contributed by atoms with van der Waals surface area (Å²) in [5.74, 6) is 1.08. The molecule has 0 aromatic carbocycles. The van der Waals surface area contributed by atoms with Gasteiger partial charge in [0.05, 0.1) is 10.7 Å². The fraction of sp³-hybridized carbons (Fsp3) is 0.778. The van der Waals surface area contributed by atoms with E-state index < -0.39 is 0 Å². The van der Waals surface area contributed by atoms with Crippen molar-refractivity contribution in [1.82, 2.24) is 15.2 Å². The van der Waals surface area contributed by atoms with Crippen LogP contribution in [0.5, 0.6) is 0 Å². The molecule has 0 radical (unpaired) electrons. The number of hydrogen-bond donors (Lipinski definition) is 1. The molecule has 1 aliphatic carbocycles. The Balaban J connectivity index is 1.48. The summed E-state index contributed by atoms with van der Waals surface area (Å²) in [6.45, 7) is 5.44. The highest BCUT2D eigenvalue weighted by atomic mass is 32.1. The molecule has 1 spiro atoms. The average molecular weight is 335 g/mol. The van der Waals surface area contributed by atoms with Gasteiger partial charge in [0, 0.05) is 38.5 Å². The Hall–Kier alpha value is -1.10. The molecule has 23 heavy (non-hydrogen) atoms. The molecule has 2 heterocycles. The van der Waals surface area contributed by atoms with Crippen molar-refractivity contribution in [3.05, 3.63) is 16.1 Å². The van der Waals surface area contributed by atoms with Crippen LogP contribution in [0, 0.1) is 5.41 Å². The number of aromatic nitrogens is 1. The van der Waals surface area contributed by atoms with E-state index in [1.54, 1.807) is 11.3 Å². The van der Waals surface area contributed by atoms with E-state index in [1.807, 2.05) is 7.05 Å². The van der Waals surface area contributed by atoms with Crippen LogP contribution in [-0.2, 0) is 12.8 Å². The third kappa shape index (κ3) is 4.06. The standard InChI is InChI=1S/C18H30N4S/c1-3-16-21-15(13-23-16)7-11-20-17(19-2)22-12-10-18(14-22)8-5-4-6-9-18/h13H,3-12,14H2,1-2H3,(H,19,20). The minimum atomic E-state index is 0.584. The number of hydrogen-bond acceptors (Lipinski definition) is 3. The smallest absolute Gasteiger partial charge is 0.193 e. The van der Waals surface area contributed by atoms with Crippen molar-refractivity contribution in [3.63, 3.8) is 0 Å². The van der Waals surface area contributed by atoms with Crippen LogP contribution in [0.15, 0.2) is 10.4 Å². The molecule has 1 saturated carbocycles. The summed E-state index contributed by atoms with van der Waals surface area (Å²) < 4.78 is 0. The number of guanidine groups is 1. The summed E-state index contributed by atoms with van der Waals surface area (Å²) in [5.41, 5.74) is 1.79. The van der Waals surface area contributed by atoms with E-state index in [1.165, 1.54) is 55.8 Å². The molecule has 0 atom stereocenters. The maximum Gasteiger partial charge on any atom is 0.193 e. The first-order chi connectivity index (χ1) is 11.2. The molecule has 1 aliphatic heterocycles. The minimum Gasteiger partial charge on any atom is -0.356 e. The summed E-state index contributed by atoms with van der Waals surface area (Å²) >= 11 is 1.77. The number of nitrogens with zero attached hydrogens (tertiary/aromatic N) is 3. The van der Waals surface area contributed by atoms with E-state index in [9.17, 15) is 0 Å². The zero-order valence-corrected chi connectivity index (χ0v) is 15.4. The van der Waals surface area contributed by atoms with Gasteiger partial charge >= 0.3 is 0 Å². The number of rotatable bonds is 4. The number of likely N-dealkylation sites (tertiary alicyclic amines) is 1. The molecule has 128 valence electrons. The van der Waals surface area contributed by atoms with Crippen molar-refractivity contribution in [2.45, 2.75) is 58.3 Å². The van der Waals surface area contributed by atoms with Gasteiger partial charge in [0.15, 0.2) is 5.96 Å². The van der Waals surface area contributed by atoms with Crippen molar-refractivity contribution in [3.8, 4) is 0 Å². The van der Waals surface area contributed by atoms with Gasteiger partial charge in [-0.2, -0.15) is 0 Å². The van der Waals surface area contributed by atoms with E-state index in [-0.39, 0.29) is 0 Å². The van der Waals surface area contributed by atoms with Crippen LogP contribution in [0.4, 0.5) is 0 Å². The lowest BCUT2D eigenvalue weighted by molar-refractivity contribution is 0.203. The maximum absolute atomic E-state index is 4.64. The van der Waals surface area contributed by atoms with Gasteiger partial charge < -0.3 is 10.2 Å². The van der Waals surface area contributed by atoms with Crippen LogP contribution in [-0.4, -0.2) is 42.5 Å². The van der Waals surface area contributed by atoms with Crippen molar-refractivity contribution < 1.29 is 0 Å². The van der Waals surface area contributed by atoms with E-state index in [2.05, 4.69) is 32.5 Å². The van der Waals surface area contributed by atoms with Gasteiger partial charge in [-0.25, -0.2) is 4.98 Å². The second-order valence-electron chi connectivity index (χ2n) is 7.04. The average Bonchev–Trinajstić information content (AvgIpc) is 3.20. The quantitative estimate of drug-likeness (QED) is 0.677. The summed E-state index contributed by atoms with van der Waals surface area (Å²) in [6.07, 6.45) is 10.5. The van der Waals surface area contributed by atoms with Gasteiger partial charge in [-0.1, -0.05) is 26.2 Å². The van der Waals surface area contributed by atoms with E-state index in [4.69, 9.17) is 0 Å². The summed E-state index contributed by atoms with van der Waals surface area (Å²) in [6, 6.07) is 0. The monoisotopic (exact) mass is 334 g/mol. The minimum absolute atomic E-state index is 0.584. The fourth-order valence-electron chi connectivity index (χ4n) is 4.09. The lowest BCUT2D eigenvalue weighted by atomic mass is 9.73. The van der Waals surface area contributed by atoms with Crippen molar-refractivity contribution in [2.24, 2.45) is 10.4 Å². The first-order valence-electron chi connectivity index (χ1n) is 9.13. The van der Waals surface area contributed by atoms with Crippen molar-refractivity contribution >= 4 is 17.3 Å². The second kappa shape index (κ2) is 7.65. The first kappa shape index (κ1) is 16.7. The zero-order chi connectivity index (χ0) is 16.1. The second-order valence-corrected chi connectivity index (χ2v) is 7.98.